The van der Waals surface area contributed by atoms with Crippen LogP contribution in [0.3, 0.4) is 0 Å². The van der Waals surface area contributed by atoms with Crippen molar-refractivity contribution in [3.05, 3.63) is 54.7 Å². The SMILES string of the molecule is CC1C(CNc2nccc(-c3ccc4ccccc4c3)n2)CCN1C(=O)O. The van der Waals surface area contributed by atoms with Crippen molar-refractivity contribution in [3.63, 3.8) is 0 Å². The molecule has 138 valence electrons. The molecule has 1 fully saturated rings. The summed E-state index contributed by atoms with van der Waals surface area (Å²) in [4.78, 5) is 21.7. The number of nitrogens with one attached hydrogen (secondary N) is 1. The molecule has 0 spiro atoms. The fourth-order valence-electron chi connectivity index (χ4n) is 3.72. The summed E-state index contributed by atoms with van der Waals surface area (Å²) in [5.41, 5.74) is 1.91. The summed E-state index contributed by atoms with van der Waals surface area (Å²) in [5.74, 6) is 0.829. The number of hydrogen-bond donors (Lipinski definition) is 2. The number of likely N-dealkylation sites (tertiary alicyclic amines) is 1. The lowest BCUT2D eigenvalue weighted by Crippen LogP contribution is -2.36. The molecule has 0 bridgehead atoms. The van der Waals surface area contributed by atoms with Crippen molar-refractivity contribution in [2.24, 2.45) is 5.92 Å². The quantitative estimate of drug-likeness (QED) is 0.731. The van der Waals surface area contributed by atoms with Gasteiger partial charge in [0.25, 0.3) is 0 Å². The van der Waals surface area contributed by atoms with Crippen molar-refractivity contribution < 1.29 is 9.90 Å². The van der Waals surface area contributed by atoms with Gasteiger partial charge in [0, 0.05) is 30.9 Å². The van der Waals surface area contributed by atoms with Crippen molar-refractivity contribution in [1.29, 1.82) is 0 Å². The second-order valence-electron chi connectivity index (χ2n) is 6.97. The van der Waals surface area contributed by atoms with Gasteiger partial charge in [0.15, 0.2) is 0 Å². The Morgan fingerprint density at radius 2 is 2.04 bits per heavy atom. The van der Waals surface area contributed by atoms with Gasteiger partial charge in [-0.2, -0.15) is 0 Å². The van der Waals surface area contributed by atoms with Crippen LogP contribution in [0.5, 0.6) is 0 Å². The van der Waals surface area contributed by atoms with E-state index in [0.717, 1.165) is 17.7 Å². The molecule has 6 nitrogen and oxygen atoms in total. The number of carboxylic acid groups (broad SMARTS) is 1. The molecule has 2 N–H and O–H groups in total. The summed E-state index contributed by atoms with van der Waals surface area (Å²) < 4.78 is 0. The van der Waals surface area contributed by atoms with Gasteiger partial charge in [-0.05, 0) is 42.2 Å². The maximum absolute atomic E-state index is 11.2. The summed E-state index contributed by atoms with van der Waals surface area (Å²) in [6.45, 7) is 3.20. The van der Waals surface area contributed by atoms with Crippen molar-refractivity contribution in [1.82, 2.24) is 14.9 Å². The van der Waals surface area contributed by atoms with Crippen molar-refractivity contribution in [3.8, 4) is 11.3 Å². The van der Waals surface area contributed by atoms with Crippen LogP contribution < -0.4 is 5.32 Å². The number of nitrogens with zero attached hydrogens (tertiary/aromatic N) is 3. The lowest BCUT2D eigenvalue weighted by Gasteiger charge is -2.22. The number of benzene rings is 2. The third kappa shape index (κ3) is 3.56. The van der Waals surface area contributed by atoms with Gasteiger partial charge in [-0.1, -0.05) is 36.4 Å². The molecule has 1 saturated heterocycles. The number of hydrogen-bond acceptors (Lipinski definition) is 4. The highest BCUT2D eigenvalue weighted by molar-refractivity contribution is 5.86. The second-order valence-corrected chi connectivity index (χ2v) is 6.97. The molecule has 4 rings (SSSR count). The molecule has 0 aliphatic carbocycles. The van der Waals surface area contributed by atoms with Crippen LogP contribution in [0.4, 0.5) is 10.7 Å². The molecular formula is C21H22N4O2. The molecule has 2 heterocycles. The Kier molecular flexibility index (Phi) is 4.62. The zero-order valence-corrected chi connectivity index (χ0v) is 15.2. The molecule has 0 saturated carbocycles. The lowest BCUT2D eigenvalue weighted by molar-refractivity contribution is 0.139. The topological polar surface area (TPSA) is 78.4 Å². The molecule has 1 aromatic heterocycles. The predicted octanol–water partition coefficient (Wildman–Crippen LogP) is 4.10. The van der Waals surface area contributed by atoms with E-state index in [1.807, 2.05) is 25.1 Å². The number of amides is 1. The third-order valence-electron chi connectivity index (χ3n) is 5.38. The standard InChI is InChI=1S/C21H22N4O2/c1-14-18(9-11-25(14)21(26)27)13-23-20-22-10-8-19(24-20)17-7-6-15-4-2-3-5-16(15)12-17/h2-8,10,12,14,18H,9,11,13H2,1H3,(H,26,27)(H,22,23,24). The van der Waals surface area contributed by atoms with Gasteiger partial charge in [0.05, 0.1) is 5.69 Å². The highest BCUT2D eigenvalue weighted by Gasteiger charge is 2.33. The minimum atomic E-state index is -0.848. The Labute approximate surface area is 157 Å². The molecule has 3 aromatic rings. The highest BCUT2D eigenvalue weighted by Crippen LogP contribution is 2.25. The van der Waals surface area contributed by atoms with Crippen molar-refractivity contribution in [2.75, 3.05) is 18.4 Å². The normalized spacial score (nSPS) is 19.4. The number of carbonyl (C=O) groups is 1. The Balaban J connectivity index is 1.48. The van der Waals surface area contributed by atoms with Crippen LogP contribution in [-0.4, -0.2) is 45.2 Å². The first kappa shape index (κ1) is 17.3. The van der Waals surface area contributed by atoms with Gasteiger partial charge in [0.1, 0.15) is 0 Å². The van der Waals surface area contributed by atoms with Gasteiger partial charge in [-0.25, -0.2) is 14.8 Å². The Morgan fingerprint density at radius 3 is 2.81 bits per heavy atom. The van der Waals surface area contributed by atoms with Gasteiger partial charge in [-0.3, -0.25) is 0 Å². The summed E-state index contributed by atoms with van der Waals surface area (Å²) >= 11 is 0. The van der Waals surface area contributed by atoms with Gasteiger partial charge in [0.2, 0.25) is 5.95 Å². The number of rotatable bonds is 4. The smallest absolute Gasteiger partial charge is 0.407 e. The van der Waals surface area contributed by atoms with E-state index in [-0.39, 0.29) is 12.0 Å². The molecule has 2 unspecified atom stereocenters. The van der Waals surface area contributed by atoms with E-state index in [4.69, 9.17) is 0 Å². The number of aromatic nitrogens is 2. The van der Waals surface area contributed by atoms with Crippen LogP contribution in [0.25, 0.3) is 22.0 Å². The molecule has 1 amide bonds. The van der Waals surface area contributed by atoms with E-state index in [1.54, 1.807) is 6.20 Å². The fraction of sp³-hybridized carbons (Fsp3) is 0.286. The van der Waals surface area contributed by atoms with E-state index < -0.39 is 6.09 Å². The lowest BCUT2D eigenvalue weighted by atomic mass is 10.0. The first-order valence-corrected chi connectivity index (χ1v) is 9.17. The zero-order valence-electron chi connectivity index (χ0n) is 15.2. The van der Waals surface area contributed by atoms with Gasteiger partial charge in [-0.15, -0.1) is 0 Å². The Morgan fingerprint density at radius 1 is 1.22 bits per heavy atom. The van der Waals surface area contributed by atoms with E-state index in [2.05, 4.69) is 45.6 Å². The maximum Gasteiger partial charge on any atom is 0.407 e. The molecule has 0 radical (unpaired) electrons. The largest absolute Gasteiger partial charge is 0.465 e. The minimum absolute atomic E-state index is 0.00123. The number of anilines is 1. The maximum atomic E-state index is 11.2. The van der Waals surface area contributed by atoms with Crippen molar-refractivity contribution >= 4 is 22.8 Å². The molecule has 6 heteroatoms. The second kappa shape index (κ2) is 7.23. The van der Waals surface area contributed by atoms with Crippen LogP contribution in [-0.2, 0) is 0 Å². The molecule has 1 aliphatic heterocycles. The fourth-order valence-corrected chi connectivity index (χ4v) is 3.72. The molecule has 2 aromatic carbocycles. The first-order valence-electron chi connectivity index (χ1n) is 9.17. The van der Waals surface area contributed by atoms with Crippen LogP contribution >= 0.6 is 0 Å². The van der Waals surface area contributed by atoms with E-state index >= 15 is 0 Å². The Bertz CT molecular complexity index is 975. The summed E-state index contributed by atoms with van der Waals surface area (Å²) in [6, 6.07) is 16.4. The molecule has 27 heavy (non-hydrogen) atoms. The Hall–Kier alpha value is -3.15. The van der Waals surface area contributed by atoms with Crippen LogP contribution in [0.2, 0.25) is 0 Å². The number of fused-ring (bicyclic) bond motifs is 1. The molecule has 2 atom stereocenters. The van der Waals surface area contributed by atoms with Crippen LogP contribution in [0.15, 0.2) is 54.7 Å². The average Bonchev–Trinajstić information content (AvgIpc) is 3.07. The summed E-state index contributed by atoms with van der Waals surface area (Å²) in [6.07, 6.45) is 1.76. The highest BCUT2D eigenvalue weighted by atomic mass is 16.4. The van der Waals surface area contributed by atoms with Crippen LogP contribution in [0, 0.1) is 5.92 Å². The molecular weight excluding hydrogens is 340 g/mol. The predicted molar refractivity (Wildman–Crippen MR) is 106 cm³/mol. The van der Waals surface area contributed by atoms with Gasteiger partial charge < -0.3 is 15.3 Å². The summed E-state index contributed by atoms with van der Waals surface area (Å²) in [7, 11) is 0. The third-order valence-corrected chi connectivity index (χ3v) is 5.38. The van der Waals surface area contributed by atoms with E-state index in [1.165, 1.54) is 15.7 Å². The zero-order chi connectivity index (χ0) is 18.8. The van der Waals surface area contributed by atoms with Gasteiger partial charge >= 0.3 is 6.09 Å². The minimum Gasteiger partial charge on any atom is -0.465 e. The average molecular weight is 362 g/mol. The molecule has 1 aliphatic rings. The summed E-state index contributed by atoms with van der Waals surface area (Å²) in [5, 5.41) is 14.9. The van der Waals surface area contributed by atoms with E-state index in [9.17, 15) is 9.90 Å². The van der Waals surface area contributed by atoms with Crippen LogP contribution in [0.1, 0.15) is 13.3 Å². The van der Waals surface area contributed by atoms with E-state index in [0.29, 0.717) is 19.0 Å². The first-order chi connectivity index (χ1) is 13.1. The van der Waals surface area contributed by atoms with Crippen molar-refractivity contribution in [2.45, 2.75) is 19.4 Å². The monoisotopic (exact) mass is 362 g/mol.